The Hall–Kier alpha value is -2.53. The smallest absolute Gasteiger partial charge is 0.260 e. The Morgan fingerprint density at radius 3 is 2.41 bits per heavy atom. The van der Waals surface area contributed by atoms with E-state index in [4.69, 9.17) is 9.72 Å². The molecule has 4 rings (SSSR count). The number of anilines is 1. The molecule has 0 saturated carbocycles. The molecule has 0 bridgehead atoms. The van der Waals surface area contributed by atoms with Crippen LogP contribution in [0.1, 0.15) is 29.6 Å². The van der Waals surface area contributed by atoms with Gasteiger partial charge in [-0.25, -0.2) is 13.4 Å². The number of piperidine rings is 1. The summed E-state index contributed by atoms with van der Waals surface area (Å²) in [6.45, 7) is 2.19. The maximum atomic E-state index is 13.5. The van der Waals surface area contributed by atoms with E-state index in [-0.39, 0.29) is 10.8 Å². The highest BCUT2D eigenvalue weighted by atomic mass is 32.2. The van der Waals surface area contributed by atoms with E-state index >= 15 is 0 Å². The molecule has 2 heterocycles. The summed E-state index contributed by atoms with van der Waals surface area (Å²) in [6, 6.07) is 11.9. The van der Waals surface area contributed by atoms with Crippen LogP contribution in [-0.2, 0) is 10.0 Å². The fraction of sp³-hybridized carbons (Fsp3) is 0.417. The number of carbonyl (C=O) groups is 1. The van der Waals surface area contributed by atoms with E-state index in [2.05, 4.69) is 0 Å². The van der Waals surface area contributed by atoms with Crippen LogP contribution in [0.3, 0.4) is 0 Å². The Bertz CT molecular complexity index is 1250. The number of nitrogens with zero attached hydrogens (tertiary/aromatic N) is 4. The zero-order valence-electron chi connectivity index (χ0n) is 19.7. The summed E-state index contributed by atoms with van der Waals surface area (Å²) in [5, 5.41) is 0.580. The first-order chi connectivity index (χ1) is 16.3. The van der Waals surface area contributed by atoms with E-state index in [1.807, 2.05) is 37.2 Å². The van der Waals surface area contributed by atoms with E-state index in [1.165, 1.54) is 27.8 Å². The van der Waals surface area contributed by atoms with Crippen molar-refractivity contribution in [3.05, 3.63) is 48.0 Å². The molecule has 8 nitrogen and oxygen atoms in total. The molecule has 1 fully saturated rings. The molecule has 1 aliphatic heterocycles. The first kappa shape index (κ1) is 24.6. The van der Waals surface area contributed by atoms with Crippen molar-refractivity contribution in [2.75, 3.05) is 52.3 Å². The lowest BCUT2D eigenvalue weighted by molar-refractivity contribution is 0.0985. The number of amides is 1. The quantitative estimate of drug-likeness (QED) is 0.467. The van der Waals surface area contributed by atoms with Crippen LogP contribution in [0.25, 0.3) is 10.2 Å². The van der Waals surface area contributed by atoms with E-state index in [0.717, 1.165) is 29.5 Å². The lowest BCUT2D eigenvalue weighted by Gasteiger charge is -2.26. The van der Waals surface area contributed by atoms with Gasteiger partial charge in [-0.05, 0) is 63.3 Å². The molecule has 0 N–H and O–H groups in total. The number of benzene rings is 2. The van der Waals surface area contributed by atoms with Crippen LogP contribution in [-0.4, -0.2) is 75.9 Å². The third kappa shape index (κ3) is 5.10. The number of methoxy groups -OCH3 is 1. The summed E-state index contributed by atoms with van der Waals surface area (Å²) in [6.07, 6.45) is 2.81. The number of carbonyl (C=O) groups excluding carboxylic acids is 1. The Balaban J connectivity index is 1.63. The van der Waals surface area contributed by atoms with E-state index in [9.17, 15) is 13.2 Å². The monoisotopic (exact) mass is 502 g/mol. The molecule has 1 saturated heterocycles. The summed E-state index contributed by atoms with van der Waals surface area (Å²) in [5.74, 6) is 0.439. The van der Waals surface area contributed by atoms with Crippen molar-refractivity contribution in [3.63, 3.8) is 0 Å². The number of sulfonamides is 1. The van der Waals surface area contributed by atoms with Crippen LogP contribution < -0.4 is 9.64 Å². The van der Waals surface area contributed by atoms with Gasteiger partial charge in [0.2, 0.25) is 10.0 Å². The van der Waals surface area contributed by atoms with E-state index in [0.29, 0.717) is 42.6 Å². The van der Waals surface area contributed by atoms with Crippen molar-refractivity contribution in [2.45, 2.75) is 24.2 Å². The number of aromatic nitrogens is 1. The number of rotatable bonds is 8. The Morgan fingerprint density at radius 2 is 1.76 bits per heavy atom. The van der Waals surface area contributed by atoms with Gasteiger partial charge in [0, 0.05) is 31.7 Å². The first-order valence-electron chi connectivity index (χ1n) is 11.3. The van der Waals surface area contributed by atoms with Crippen LogP contribution in [0.4, 0.5) is 5.13 Å². The predicted molar refractivity (Wildman–Crippen MR) is 135 cm³/mol. The number of ether oxygens (including phenoxy) is 1. The third-order valence-electron chi connectivity index (χ3n) is 5.89. The molecule has 182 valence electrons. The highest BCUT2D eigenvalue weighted by Crippen LogP contribution is 2.34. The normalized spacial score (nSPS) is 15.1. The minimum Gasteiger partial charge on any atom is -0.494 e. The molecular weight excluding hydrogens is 472 g/mol. The van der Waals surface area contributed by atoms with Crippen LogP contribution in [0.5, 0.6) is 5.75 Å². The Kier molecular flexibility index (Phi) is 7.51. The van der Waals surface area contributed by atoms with Crippen molar-refractivity contribution < 1.29 is 17.9 Å². The second-order valence-corrected chi connectivity index (χ2v) is 11.5. The SMILES string of the molecule is COc1cccc2sc(N(CCN(C)C)C(=O)c3ccc(S(=O)(=O)N4CCCCC4)cc3)nc12. The summed E-state index contributed by atoms with van der Waals surface area (Å²) in [4.78, 5) is 22.1. The van der Waals surface area contributed by atoms with Crippen LogP contribution in [0.2, 0.25) is 0 Å². The largest absolute Gasteiger partial charge is 0.494 e. The lowest BCUT2D eigenvalue weighted by Crippen LogP contribution is -2.37. The minimum absolute atomic E-state index is 0.218. The maximum Gasteiger partial charge on any atom is 0.260 e. The molecule has 0 atom stereocenters. The van der Waals surface area contributed by atoms with E-state index in [1.54, 1.807) is 24.1 Å². The standard InChI is InChI=1S/C24H30N4O4S2/c1-26(2)16-17-28(24-25-22-20(32-3)8-7-9-21(22)33-24)23(29)18-10-12-19(13-11-18)34(30,31)27-14-5-4-6-15-27/h7-13H,4-6,14-17H2,1-3H3. The number of likely N-dealkylation sites (N-methyl/N-ethyl adjacent to an activating group) is 1. The van der Waals surface area contributed by atoms with Crippen LogP contribution >= 0.6 is 11.3 Å². The van der Waals surface area contributed by atoms with Gasteiger partial charge in [-0.3, -0.25) is 9.69 Å². The van der Waals surface area contributed by atoms with Gasteiger partial charge >= 0.3 is 0 Å². The molecule has 1 aliphatic rings. The van der Waals surface area contributed by atoms with Crippen molar-refractivity contribution in [1.82, 2.24) is 14.2 Å². The second-order valence-electron chi connectivity index (χ2n) is 8.55. The number of fused-ring (bicyclic) bond motifs is 1. The van der Waals surface area contributed by atoms with Gasteiger partial charge in [0.25, 0.3) is 5.91 Å². The van der Waals surface area contributed by atoms with Crippen LogP contribution in [0.15, 0.2) is 47.4 Å². The average Bonchev–Trinajstić information content (AvgIpc) is 3.28. The number of thiazole rings is 1. The van der Waals surface area contributed by atoms with Crippen molar-refractivity contribution in [1.29, 1.82) is 0 Å². The molecule has 0 unspecified atom stereocenters. The molecule has 0 radical (unpaired) electrons. The summed E-state index contributed by atoms with van der Waals surface area (Å²) >= 11 is 1.43. The fourth-order valence-corrected chi connectivity index (χ4v) is 6.48. The number of para-hydroxylation sites is 1. The van der Waals surface area contributed by atoms with Crippen molar-refractivity contribution >= 4 is 42.6 Å². The van der Waals surface area contributed by atoms with Crippen molar-refractivity contribution in [2.24, 2.45) is 0 Å². The molecule has 34 heavy (non-hydrogen) atoms. The second kappa shape index (κ2) is 10.4. The summed E-state index contributed by atoms with van der Waals surface area (Å²) in [5.41, 5.74) is 1.14. The number of hydrogen-bond acceptors (Lipinski definition) is 7. The van der Waals surface area contributed by atoms with Gasteiger partial charge in [-0.15, -0.1) is 0 Å². The lowest BCUT2D eigenvalue weighted by atomic mass is 10.2. The highest BCUT2D eigenvalue weighted by molar-refractivity contribution is 7.89. The molecule has 0 aliphatic carbocycles. The summed E-state index contributed by atoms with van der Waals surface area (Å²) < 4.78 is 33.8. The van der Waals surface area contributed by atoms with Gasteiger partial charge in [0.1, 0.15) is 11.3 Å². The van der Waals surface area contributed by atoms with Gasteiger partial charge in [-0.2, -0.15) is 4.31 Å². The molecular formula is C24H30N4O4S2. The average molecular weight is 503 g/mol. The van der Waals surface area contributed by atoms with Crippen molar-refractivity contribution in [3.8, 4) is 5.75 Å². The van der Waals surface area contributed by atoms with Gasteiger partial charge in [0.15, 0.2) is 5.13 Å². The predicted octanol–water partition coefficient (Wildman–Crippen LogP) is 3.69. The molecule has 1 aromatic heterocycles. The fourth-order valence-electron chi connectivity index (χ4n) is 3.96. The minimum atomic E-state index is -3.55. The van der Waals surface area contributed by atoms with Gasteiger partial charge < -0.3 is 9.64 Å². The van der Waals surface area contributed by atoms with Gasteiger partial charge in [-0.1, -0.05) is 23.8 Å². The van der Waals surface area contributed by atoms with E-state index < -0.39 is 10.0 Å². The molecule has 10 heteroatoms. The molecule has 3 aromatic rings. The first-order valence-corrected chi connectivity index (χ1v) is 13.6. The summed E-state index contributed by atoms with van der Waals surface area (Å²) in [7, 11) is 1.95. The molecule has 2 aromatic carbocycles. The Morgan fingerprint density at radius 1 is 1.06 bits per heavy atom. The molecule has 0 spiro atoms. The Labute approximate surface area is 204 Å². The topological polar surface area (TPSA) is 83.0 Å². The number of hydrogen-bond donors (Lipinski definition) is 0. The highest BCUT2D eigenvalue weighted by Gasteiger charge is 2.27. The zero-order valence-corrected chi connectivity index (χ0v) is 21.4. The molecule has 1 amide bonds. The van der Waals surface area contributed by atoms with Crippen LogP contribution in [0, 0.1) is 0 Å². The van der Waals surface area contributed by atoms with Gasteiger partial charge in [0.05, 0.1) is 16.7 Å². The maximum absolute atomic E-state index is 13.5. The third-order valence-corrected chi connectivity index (χ3v) is 8.85. The zero-order chi connectivity index (χ0) is 24.3.